The molecule has 0 fully saturated rings. The number of allylic oxidation sites excluding steroid dienone is 3. The standard InChI is InChI=1S/C18H17Si.C16H14.Zr/c1-12-11-14-9-10-15-16(13-7-5-4-6-8-13)17(14)18(12)19(15,2)3;1-3-9-15(10-4-1)13-7-8-14-16-11-5-2-6-12-16;/h4-11H,1-3H3;1-14H;. The Balaban J connectivity index is 0.000000152. The van der Waals surface area contributed by atoms with E-state index in [1.165, 1.54) is 16.7 Å². The molecule has 1 aliphatic heterocycles. The SMILES string of the molecule is C(C=Cc1ccccc1)=Cc1ccccc1.CC1=C2c3c(ccc(c3-c3ccccc3)[Si]2(C)C)[CH]1[Zr]. The van der Waals surface area contributed by atoms with Crippen LogP contribution in [0.5, 0.6) is 0 Å². The monoisotopic (exact) mass is 557 g/mol. The Bertz CT molecular complexity index is 1400. The summed E-state index contributed by atoms with van der Waals surface area (Å²) >= 11 is 1.63. The summed E-state index contributed by atoms with van der Waals surface area (Å²) in [6, 6.07) is 36.4. The van der Waals surface area contributed by atoms with Crippen LogP contribution >= 0.6 is 0 Å². The van der Waals surface area contributed by atoms with Gasteiger partial charge in [0.2, 0.25) is 0 Å². The van der Waals surface area contributed by atoms with Crippen LogP contribution in [0.15, 0.2) is 121 Å². The van der Waals surface area contributed by atoms with Crippen LogP contribution in [-0.4, -0.2) is 8.07 Å². The Hall–Kier alpha value is -2.80. The van der Waals surface area contributed by atoms with Crippen molar-refractivity contribution >= 4 is 30.6 Å². The van der Waals surface area contributed by atoms with E-state index in [0.717, 1.165) is 0 Å². The first-order chi connectivity index (χ1) is 17.5. The second-order valence-corrected chi connectivity index (χ2v) is 15.7. The summed E-state index contributed by atoms with van der Waals surface area (Å²) in [7, 11) is -1.48. The van der Waals surface area contributed by atoms with E-state index in [1.807, 2.05) is 36.4 Å². The molecule has 1 aliphatic carbocycles. The molecular weight excluding hydrogens is 528 g/mol. The Morgan fingerprint density at radius 2 is 1.14 bits per heavy atom. The van der Waals surface area contributed by atoms with E-state index < -0.39 is 8.07 Å². The third kappa shape index (κ3) is 4.77. The minimum atomic E-state index is -1.48. The van der Waals surface area contributed by atoms with Crippen molar-refractivity contribution in [1.29, 1.82) is 0 Å². The van der Waals surface area contributed by atoms with Crippen molar-refractivity contribution in [2.75, 3.05) is 0 Å². The molecule has 36 heavy (non-hydrogen) atoms. The van der Waals surface area contributed by atoms with Crippen molar-refractivity contribution in [3.63, 3.8) is 0 Å². The van der Waals surface area contributed by atoms with E-state index in [4.69, 9.17) is 0 Å². The molecule has 175 valence electrons. The fourth-order valence-electron chi connectivity index (χ4n) is 5.53. The molecule has 0 radical (unpaired) electrons. The fraction of sp³-hybridized carbons (Fsp3) is 0.118. The molecule has 1 unspecified atom stereocenters. The van der Waals surface area contributed by atoms with Gasteiger partial charge >= 0.3 is 137 Å². The molecule has 0 amide bonds. The molecule has 0 N–H and O–H groups in total. The van der Waals surface area contributed by atoms with Crippen molar-refractivity contribution in [2.24, 2.45) is 0 Å². The number of rotatable bonds is 4. The zero-order valence-corrected chi connectivity index (χ0v) is 24.7. The zero-order valence-electron chi connectivity index (χ0n) is 21.2. The molecule has 1 heterocycles. The van der Waals surface area contributed by atoms with Crippen molar-refractivity contribution in [3.05, 3.63) is 143 Å². The van der Waals surface area contributed by atoms with Crippen molar-refractivity contribution in [3.8, 4) is 11.1 Å². The second kappa shape index (κ2) is 10.7. The van der Waals surface area contributed by atoms with Gasteiger partial charge in [0.1, 0.15) is 0 Å². The summed E-state index contributed by atoms with van der Waals surface area (Å²) in [4.78, 5) is 0. The fourth-order valence-corrected chi connectivity index (χ4v) is 10.5. The molecule has 4 aromatic carbocycles. The third-order valence-electron chi connectivity index (χ3n) is 7.27. The van der Waals surface area contributed by atoms with Gasteiger partial charge in [-0.25, -0.2) is 0 Å². The van der Waals surface area contributed by atoms with Crippen LogP contribution in [-0.2, 0) is 24.7 Å². The van der Waals surface area contributed by atoms with Crippen molar-refractivity contribution in [2.45, 2.75) is 23.6 Å². The summed E-state index contributed by atoms with van der Waals surface area (Å²) < 4.78 is 0.691. The van der Waals surface area contributed by atoms with Crippen molar-refractivity contribution in [1.82, 2.24) is 0 Å². The molecule has 4 aromatic rings. The Labute approximate surface area is 232 Å². The summed E-state index contributed by atoms with van der Waals surface area (Å²) in [6.07, 6.45) is 8.31. The Morgan fingerprint density at radius 3 is 1.67 bits per heavy atom. The molecule has 2 bridgehead atoms. The molecule has 0 aromatic heterocycles. The van der Waals surface area contributed by atoms with Gasteiger partial charge in [0, 0.05) is 0 Å². The number of fused-ring (bicyclic) bond motifs is 1. The predicted octanol–water partition coefficient (Wildman–Crippen LogP) is 8.61. The van der Waals surface area contributed by atoms with Crippen LogP contribution < -0.4 is 5.19 Å². The van der Waals surface area contributed by atoms with E-state index in [-0.39, 0.29) is 0 Å². The molecule has 0 saturated carbocycles. The molecular formula is C34H31SiZr. The zero-order chi connectivity index (χ0) is 25.1. The van der Waals surface area contributed by atoms with Gasteiger partial charge in [0.15, 0.2) is 0 Å². The molecule has 6 rings (SSSR count). The number of hydrogen-bond acceptors (Lipinski definition) is 0. The van der Waals surface area contributed by atoms with Crippen LogP contribution in [0, 0.1) is 0 Å². The van der Waals surface area contributed by atoms with Crippen molar-refractivity contribution < 1.29 is 24.7 Å². The van der Waals surface area contributed by atoms with Gasteiger partial charge < -0.3 is 0 Å². The average Bonchev–Trinajstić information content (AvgIpc) is 3.26. The maximum absolute atomic E-state index is 2.53. The molecule has 0 saturated heterocycles. The molecule has 2 aliphatic rings. The van der Waals surface area contributed by atoms with Crippen LogP contribution in [0.4, 0.5) is 0 Å². The van der Waals surface area contributed by atoms with Crippen LogP contribution in [0.1, 0.15) is 32.8 Å². The molecule has 0 spiro atoms. The number of benzene rings is 4. The minimum absolute atomic E-state index is 0.691. The van der Waals surface area contributed by atoms with Gasteiger partial charge in [-0.15, -0.1) is 0 Å². The maximum atomic E-state index is 2.53. The van der Waals surface area contributed by atoms with E-state index in [1.54, 1.807) is 57.4 Å². The van der Waals surface area contributed by atoms with Gasteiger partial charge in [-0.05, 0) is 11.1 Å². The molecule has 1 atom stereocenters. The van der Waals surface area contributed by atoms with E-state index in [9.17, 15) is 0 Å². The van der Waals surface area contributed by atoms with E-state index >= 15 is 0 Å². The molecule has 2 heteroatoms. The topological polar surface area (TPSA) is 0 Å². The van der Waals surface area contributed by atoms with Gasteiger partial charge in [-0.2, -0.15) is 0 Å². The Kier molecular flexibility index (Phi) is 7.37. The summed E-state index contributed by atoms with van der Waals surface area (Å²) in [5.74, 6) is 0. The first-order valence-corrected chi connectivity index (χ1v) is 17.0. The van der Waals surface area contributed by atoms with E-state index in [0.29, 0.717) is 3.63 Å². The van der Waals surface area contributed by atoms with Gasteiger partial charge in [-0.3, -0.25) is 0 Å². The second-order valence-electron chi connectivity index (χ2n) is 9.97. The van der Waals surface area contributed by atoms with Gasteiger partial charge in [-0.1, -0.05) is 85.0 Å². The van der Waals surface area contributed by atoms with Gasteiger partial charge in [0.05, 0.1) is 0 Å². The van der Waals surface area contributed by atoms with Crippen LogP contribution in [0.3, 0.4) is 0 Å². The average molecular weight is 559 g/mol. The van der Waals surface area contributed by atoms with Crippen LogP contribution in [0.2, 0.25) is 13.1 Å². The first kappa shape index (κ1) is 24.9. The van der Waals surface area contributed by atoms with Gasteiger partial charge in [0.25, 0.3) is 0 Å². The first-order valence-electron chi connectivity index (χ1n) is 12.6. The summed E-state index contributed by atoms with van der Waals surface area (Å²) in [5.41, 5.74) is 10.3. The normalized spacial score (nSPS) is 17.0. The quantitative estimate of drug-likeness (QED) is 0.174. The third-order valence-corrected chi connectivity index (χ3v) is 12.8. The summed E-state index contributed by atoms with van der Waals surface area (Å²) in [6.45, 7) is 7.43. The Morgan fingerprint density at radius 1 is 0.639 bits per heavy atom. The number of hydrogen-bond donors (Lipinski definition) is 0. The predicted molar refractivity (Wildman–Crippen MR) is 155 cm³/mol. The molecule has 0 nitrogen and oxygen atoms in total. The van der Waals surface area contributed by atoms with E-state index in [2.05, 4.69) is 111 Å². The van der Waals surface area contributed by atoms with Crippen LogP contribution in [0.25, 0.3) is 28.5 Å². The summed E-state index contributed by atoms with van der Waals surface area (Å²) in [5, 5.41) is 3.38.